The summed E-state index contributed by atoms with van der Waals surface area (Å²) in [6, 6.07) is 12.5. The van der Waals surface area contributed by atoms with Crippen LogP contribution in [-0.4, -0.2) is 5.24 Å². The molecule has 1 heterocycles. The number of halogens is 1. The molecule has 2 rings (SSSR count). The van der Waals surface area contributed by atoms with Gasteiger partial charge in [0.15, 0.2) is 5.76 Å². The normalized spacial score (nSPS) is 10.1. The Kier molecular flexibility index (Phi) is 3.27. The molecule has 0 atom stereocenters. The van der Waals surface area contributed by atoms with E-state index in [2.05, 4.69) is 0 Å². The first kappa shape index (κ1) is 10.8. The van der Waals surface area contributed by atoms with Gasteiger partial charge in [0.1, 0.15) is 18.1 Å². The minimum atomic E-state index is -0.606. The molecule has 0 amide bonds. The number of para-hydroxylation sites is 1. The van der Waals surface area contributed by atoms with Crippen molar-refractivity contribution < 1.29 is 13.9 Å². The lowest BCUT2D eigenvalue weighted by molar-refractivity contribution is 0.105. The Labute approximate surface area is 97.6 Å². The van der Waals surface area contributed by atoms with Crippen molar-refractivity contribution in [2.75, 3.05) is 0 Å². The van der Waals surface area contributed by atoms with Gasteiger partial charge in [0, 0.05) is 0 Å². The van der Waals surface area contributed by atoms with Gasteiger partial charge in [0.25, 0.3) is 5.24 Å². The van der Waals surface area contributed by atoms with Crippen LogP contribution in [-0.2, 0) is 6.61 Å². The average Bonchev–Trinajstić information content (AvgIpc) is 2.76. The van der Waals surface area contributed by atoms with Crippen molar-refractivity contribution in [1.29, 1.82) is 0 Å². The minimum absolute atomic E-state index is 0.133. The van der Waals surface area contributed by atoms with Gasteiger partial charge in [0.2, 0.25) is 0 Å². The molecule has 4 heteroatoms. The van der Waals surface area contributed by atoms with E-state index in [1.54, 1.807) is 6.07 Å². The summed E-state index contributed by atoms with van der Waals surface area (Å²) in [4.78, 5) is 10.8. The van der Waals surface area contributed by atoms with Crippen LogP contribution >= 0.6 is 11.6 Å². The third kappa shape index (κ3) is 2.64. The second-order valence-electron chi connectivity index (χ2n) is 3.14. The number of carbonyl (C=O) groups is 1. The van der Waals surface area contributed by atoms with Crippen LogP contribution in [0.1, 0.15) is 16.3 Å². The fraction of sp³-hybridized carbons (Fsp3) is 0.0833. The second-order valence-corrected chi connectivity index (χ2v) is 3.48. The first-order valence-corrected chi connectivity index (χ1v) is 5.10. The molecule has 0 N–H and O–H groups in total. The van der Waals surface area contributed by atoms with E-state index >= 15 is 0 Å². The van der Waals surface area contributed by atoms with Crippen molar-refractivity contribution in [3.05, 3.63) is 54.0 Å². The zero-order valence-corrected chi connectivity index (χ0v) is 9.11. The van der Waals surface area contributed by atoms with E-state index in [1.807, 2.05) is 30.3 Å². The highest BCUT2D eigenvalue weighted by atomic mass is 35.5. The zero-order valence-electron chi connectivity index (χ0n) is 8.35. The number of carbonyl (C=O) groups excluding carboxylic acids is 1. The Morgan fingerprint density at radius 2 is 1.94 bits per heavy atom. The van der Waals surface area contributed by atoms with Crippen LogP contribution in [0.4, 0.5) is 0 Å². The summed E-state index contributed by atoms with van der Waals surface area (Å²) in [6.45, 7) is 0.272. The lowest BCUT2D eigenvalue weighted by Gasteiger charge is -2.02. The number of rotatable bonds is 4. The third-order valence-electron chi connectivity index (χ3n) is 1.98. The summed E-state index contributed by atoms with van der Waals surface area (Å²) >= 11 is 5.26. The maximum absolute atomic E-state index is 10.8. The van der Waals surface area contributed by atoms with Crippen molar-refractivity contribution in [2.45, 2.75) is 6.61 Å². The largest absolute Gasteiger partial charge is 0.486 e. The molecule has 0 fully saturated rings. The van der Waals surface area contributed by atoms with E-state index in [9.17, 15) is 4.79 Å². The molecule has 0 bridgehead atoms. The van der Waals surface area contributed by atoms with Gasteiger partial charge >= 0.3 is 0 Å². The standard InChI is InChI=1S/C12H9ClO3/c13-12(14)11-7-6-10(16-11)8-15-9-4-2-1-3-5-9/h1-7H,8H2. The topological polar surface area (TPSA) is 39.4 Å². The minimum Gasteiger partial charge on any atom is -0.486 e. The number of ether oxygens (including phenoxy) is 1. The molecule has 0 spiro atoms. The van der Waals surface area contributed by atoms with Crippen LogP contribution in [0.5, 0.6) is 5.75 Å². The maximum Gasteiger partial charge on any atom is 0.287 e. The van der Waals surface area contributed by atoms with Gasteiger partial charge in [0.05, 0.1) is 0 Å². The van der Waals surface area contributed by atoms with Crippen molar-refractivity contribution in [2.24, 2.45) is 0 Å². The van der Waals surface area contributed by atoms with E-state index in [1.165, 1.54) is 6.07 Å². The molecule has 0 radical (unpaired) electrons. The van der Waals surface area contributed by atoms with Crippen molar-refractivity contribution in [3.8, 4) is 5.75 Å². The Morgan fingerprint density at radius 1 is 1.19 bits per heavy atom. The summed E-state index contributed by atoms with van der Waals surface area (Å²) in [7, 11) is 0. The van der Waals surface area contributed by atoms with Crippen LogP contribution in [0.2, 0.25) is 0 Å². The van der Waals surface area contributed by atoms with Crippen LogP contribution < -0.4 is 4.74 Å². The summed E-state index contributed by atoms with van der Waals surface area (Å²) in [6.07, 6.45) is 0. The fourth-order valence-electron chi connectivity index (χ4n) is 1.23. The Bertz CT molecular complexity index is 476. The second kappa shape index (κ2) is 4.86. The molecule has 82 valence electrons. The number of benzene rings is 1. The van der Waals surface area contributed by atoms with Crippen LogP contribution in [0.15, 0.2) is 46.9 Å². The van der Waals surface area contributed by atoms with Gasteiger partial charge in [-0.1, -0.05) is 18.2 Å². The van der Waals surface area contributed by atoms with Gasteiger partial charge in [-0.3, -0.25) is 4.79 Å². The average molecular weight is 237 g/mol. The fourth-order valence-corrected chi connectivity index (χ4v) is 1.33. The van der Waals surface area contributed by atoms with Crippen LogP contribution in [0.25, 0.3) is 0 Å². The van der Waals surface area contributed by atoms with Crippen LogP contribution in [0, 0.1) is 0 Å². The molecular weight excluding hydrogens is 228 g/mol. The van der Waals surface area contributed by atoms with Crippen molar-refractivity contribution in [3.63, 3.8) is 0 Å². The van der Waals surface area contributed by atoms with E-state index in [0.29, 0.717) is 5.76 Å². The molecule has 0 unspecified atom stereocenters. The molecule has 0 saturated heterocycles. The van der Waals surface area contributed by atoms with E-state index < -0.39 is 5.24 Å². The zero-order chi connectivity index (χ0) is 11.4. The Hall–Kier alpha value is -1.74. The summed E-state index contributed by atoms with van der Waals surface area (Å²) in [5.41, 5.74) is 0. The van der Waals surface area contributed by atoms with E-state index in [0.717, 1.165) is 5.75 Å². The predicted octanol–water partition coefficient (Wildman–Crippen LogP) is 3.24. The van der Waals surface area contributed by atoms with Gasteiger partial charge in [-0.2, -0.15) is 0 Å². The number of hydrogen-bond donors (Lipinski definition) is 0. The molecule has 1 aromatic heterocycles. The Balaban J connectivity index is 1.97. The number of furan rings is 1. The summed E-state index contributed by atoms with van der Waals surface area (Å²) in [5, 5.41) is -0.606. The van der Waals surface area contributed by atoms with Gasteiger partial charge < -0.3 is 9.15 Å². The van der Waals surface area contributed by atoms with Crippen molar-refractivity contribution >= 4 is 16.8 Å². The van der Waals surface area contributed by atoms with Gasteiger partial charge in [-0.25, -0.2) is 0 Å². The molecule has 0 saturated carbocycles. The molecule has 1 aromatic carbocycles. The van der Waals surface area contributed by atoms with Gasteiger partial charge in [-0.05, 0) is 35.9 Å². The lowest BCUT2D eigenvalue weighted by Crippen LogP contribution is -1.93. The molecule has 0 aliphatic carbocycles. The first-order chi connectivity index (χ1) is 7.75. The Morgan fingerprint density at radius 3 is 2.56 bits per heavy atom. The molecule has 16 heavy (non-hydrogen) atoms. The van der Waals surface area contributed by atoms with Gasteiger partial charge in [-0.15, -0.1) is 0 Å². The molecule has 0 aliphatic rings. The highest BCUT2D eigenvalue weighted by Gasteiger charge is 2.08. The smallest absolute Gasteiger partial charge is 0.287 e. The van der Waals surface area contributed by atoms with Crippen molar-refractivity contribution in [1.82, 2.24) is 0 Å². The van der Waals surface area contributed by atoms with E-state index in [4.69, 9.17) is 20.8 Å². The number of hydrogen-bond acceptors (Lipinski definition) is 3. The molecular formula is C12H9ClO3. The molecule has 0 aliphatic heterocycles. The summed E-state index contributed by atoms with van der Waals surface area (Å²) in [5.74, 6) is 1.44. The molecule has 3 nitrogen and oxygen atoms in total. The predicted molar refractivity (Wildman–Crippen MR) is 59.7 cm³/mol. The highest BCUT2D eigenvalue weighted by molar-refractivity contribution is 6.67. The maximum atomic E-state index is 10.8. The van der Waals surface area contributed by atoms with E-state index in [-0.39, 0.29) is 12.4 Å². The monoisotopic (exact) mass is 236 g/mol. The third-order valence-corrected chi connectivity index (χ3v) is 2.17. The SMILES string of the molecule is O=C(Cl)c1ccc(COc2ccccc2)o1. The summed E-state index contributed by atoms with van der Waals surface area (Å²) < 4.78 is 10.6. The highest BCUT2D eigenvalue weighted by Crippen LogP contribution is 2.14. The first-order valence-electron chi connectivity index (χ1n) is 4.72. The molecule has 2 aromatic rings. The lowest BCUT2D eigenvalue weighted by atomic mass is 10.3. The quantitative estimate of drug-likeness (QED) is 0.765. The van der Waals surface area contributed by atoms with Crippen LogP contribution in [0.3, 0.4) is 0 Å².